The topological polar surface area (TPSA) is 72.8 Å². The van der Waals surface area contributed by atoms with E-state index in [9.17, 15) is 14.3 Å². The van der Waals surface area contributed by atoms with Crippen molar-refractivity contribution in [1.82, 2.24) is 0 Å². The summed E-state index contributed by atoms with van der Waals surface area (Å²) in [5.41, 5.74) is 0.287. The Morgan fingerprint density at radius 1 is 1.32 bits per heavy atom. The molecule has 0 amide bonds. The molecule has 0 aliphatic carbocycles. The highest BCUT2D eigenvalue weighted by Crippen LogP contribution is 2.42. The van der Waals surface area contributed by atoms with Crippen molar-refractivity contribution < 1.29 is 28.0 Å². The zero-order chi connectivity index (χ0) is 15.1. The molecular weight excluding hydrogens is 269 g/mol. The molecule has 0 aliphatic heterocycles. The van der Waals surface area contributed by atoms with Crippen LogP contribution in [0.5, 0.6) is 0 Å². The van der Waals surface area contributed by atoms with E-state index in [1.807, 2.05) is 21.1 Å². The fourth-order valence-electron chi connectivity index (χ4n) is 1.25. The summed E-state index contributed by atoms with van der Waals surface area (Å²) < 4.78 is 22.0. The first-order valence-corrected chi connectivity index (χ1v) is 7.89. The maximum absolute atomic E-state index is 11.6. The normalized spacial score (nSPS) is 14.8. The van der Waals surface area contributed by atoms with Crippen molar-refractivity contribution in [2.24, 2.45) is 0 Å². The van der Waals surface area contributed by atoms with Gasteiger partial charge in [0, 0.05) is 12.0 Å². The molecule has 1 unspecified atom stereocenters. The summed E-state index contributed by atoms with van der Waals surface area (Å²) in [5, 5.41) is 0. The molecule has 0 heterocycles. The van der Waals surface area contributed by atoms with Crippen LogP contribution in [0.15, 0.2) is 12.2 Å². The zero-order valence-electron chi connectivity index (χ0n) is 12.2. The lowest BCUT2D eigenvalue weighted by atomic mass is 10.4. The van der Waals surface area contributed by atoms with Crippen LogP contribution in [0.1, 0.15) is 13.3 Å². The summed E-state index contributed by atoms with van der Waals surface area (Å²) in [4.78, 5) is 20.6. The Balaban J connectivity index is 3.82. The van der Waals surface area contributed by atoms with Crippen molar-refractivity contribution in [2.45, 2.75) is 13.3 Å². The molecule has 0 saturated carbocycles. The van der Waals surface area contributed by atoms with Gasteiger partial charge in [0.25, 0.3) is 0 Å². The van der Waals surface area contributed by atoms with Crippen LogP contribution in [0.25, 0.3) is 0 Å². The van der Waals surface area contributed by atoms with Gasteiger partial charge in [0.2, 0.25) is 0 Å². The lowest BCUT2D eigenvalue weighted by Gasteiger charge is -2.24. The van der Waals surface area contributed by atoms with Crippen LogP contribution in [0.3, 0.4) is 0 Å². The molecule has 1 N–H and O–H groups in total. The summed E-state index contributed by atoms with van der Waals surface area (Å²) in [7, 11) is 2.46. The van der Waals surface area contributed by atoms with Crippen LogP contribution in [0, 0.1) is 0 Å². The third-order valence-electron chi connectivity index (χ3n) is 2.23. The summed E-state index contributed by atoms with van der Waals surface area (Å²) in [6.45, 7) is 5.61. The predicted molar refractivity (Wildman–Crippen MR) is 73.9 cm³/mol. The highest BCUT2D eigenvalue weighted by atomic mass is 31.2. The first kappa shape index (κ1) is 18.3. The standard InChI is InChI=1S/C12H24NO5P/c1-11(2)12(14)17-8-9-18-19(15,16)10-6-7-13(3,4)5/h1,6-10H2,2-5H3/p+1. The molecule has 1 atom stereocenters. The van der Waals surface area contributed by atoms with Crippen LogP contribution >= 0.6 is 7.60 Å². The second-order valence-electron chi connectivity index (χ2n) is 5.48. The Hall–Kier alpha value is -0.680. The Kier molecular flexibility index (Phi) is 7.52. The Morgan fingerprint density at radius 2 is 1.89 bits per heavy atom. The largest absolute Gasteiger partial charge is 0.460 e. The maximum Gasteiger partial charge on any atom is 0.333 e. The second kappa shape index (κ2) is 7.80. The van der Waals surface area contributed by atoms with Crippen molar-refractivity contribution in [3.63, 3.8) is 0 Å². The molecular formula is C12H25NO5P+. The molecule has 0 aromatic heterocycles. The molecule has 0 aliphatic rings. The molecule has 0 bridgehead atoms. The molecule has 0 rings (SSSR count). The molecule has 0 fully saturated rings. The summed E-state index contributed by atoms with van der Waals surface area (Å²) >= 11 is 0. The van der Waals surface area contributed by atoms with Crippen LogP contribution in [0.4, 0.5) is 0 Å². The zero-order valence-corrected chi connectivity index (χ0v) is 13.1. The molecule has 7 heteroatoms. The molecule has 6 nitrogen and oxygen atoms in total. The van der Waals surface area contributed by atoms with Crippen molar-refractivity contribution in [3.8, 4) is 0 Å². The monoisotopic (exact) mass is 294 g/mol. The van der Waals surface area contributed by atoms with E-state index in [0.29, 0.717) is 6.42 Å². The first-order chi connectivity index (χ1) is 8.53. The number of hydrogen-bond acceptors (Lipinski definition) is 4. The smallest absolute Gasteiger partial charge is 0.333 e. The Morgan fingerprint density at radius 3 is 2.37 bits per heavy atom. The Bertz CT molecular complexity index is 362. The van der Waals surface area contributed by atoms with Gasteiger partial charge in [-0.05, 0) is 6.92 Å². The van der Waals surface area contributed by atoms with Gasteiger partial charge < -0.3 is 18.6 Å². The van der Waals surface area contributed by atoms with Gasteiger partial charge >= 0.3 is 13.6 Å². The summed E-state index contributed by atoms with van der Waals surface area (Å²) in [5.74, 6) is -0.526. The minimum Gasteiger partial charge on any atom is -0.460 e. The van der Waals surface area contributed by atoms with Gasteiger partial charge in [-0.1, -0.05) is 6.58 Å². The van der Waals surface area contributed by atoms with Gasteiger partial charge in [-0.2, -0.15) is 0 Å². The molecule has 0 aromatic carbocycles. The minimum atomic E-state index is -3.59. The van der Waals surface area contributed by atoms with E-state index >= 15 is 0 Å². The minimum absolute atomic E-state index is 0.0500. The second-order valence-corrected chi connectivity index (χ2v) is 7.46. The number of esters is 1. The Labute approximate surface area is 115 Å². The van der Waals surface area contributed by atoms with Gasteiger partial charge in [0.1, 0.15) is 6.61 Å². The summed E-state index contributed by atoms with van der Waals surface area (Å²) in [6, 6.07) is 0. The number of carbonyl (C=O) groups excluding carboxylic acids is 1. The van der Waals surface area contributed by atoms with Crippen LogP contribution < -0.4 is 0 Å². The van der Waals surface area contributed by atoms with E-state index in [1.165, 1.54) is 6.92 Å². The van der Waals surface area contributed by atoms with Crippen molar-refractivity contribution in [3.05, 3.63) is 12.2 Å². The fourth-order valence-corrected chi connectivity index (χ4v) is 2.28. The van der Waals surface area contributed by atoms with Gasteiger partial charge in [0.15, 0.2) is 0 Å². The van der Waals surface area contributed by atoms with Gasteiger partial charge in [0.05, 0.1) is 40.5 Å². The van der Waals surface area contributed by atoms with E-state index in [1.54, 1.807) is 0 Å². The fraction of sp³-hybridized carbons (Fsp3) is 0.750. The lowest BCUT2D eigenvalue weighted by molar-refractivity contribution is -0.870. The first-order valence-electron chi connectivity index (χ1n) is 6.13. The van der Waals surface area contributed by atoms with Gasteiger partial charge in [-0.25, -0.2) is 4.79 Å². The highest BCUT2D eigenvalue weighted by molar-refractivity contribution is 7.52. The highest BCUT2D eigenvalue weighted by Gasteiger charge is 2.20. The van der Waals surface area contributed by atoms with Crippen LogP contribution in [-0.4, -0.2) is 62.4 Å². The van der Waals surface area contributed by atoms with E-state index in [4.69, 9.17) is 9.26 Å². The molecule has 19 heavy (non-hydrogen) atoms. The average molecular weight is 294 g/mol. The number of nitrogens with zero attached hydrogens (tertiary/aromatic N) is 1. The third kappa shape index (κ3) is 10.9. The lowest BCUT2D eigenvalue weighted by Crippen LogP contribution is -2.35. The van der Waals surface area contributed by atoms with Crippen molar-refractivity contribution in [1.29, 1.82) is 0 Å². The van der Waals surface area contributed by atoms with Crippen molar-refractivity contribution >= 4 is 13.6 Å². The number of hydrogen-bond donors (Lipinski definition) is 1. The average Bonchev–Trinajstić information content (AvgIpc) is 2.21. The predicted octanol–water partition coefficient (Wildman–Crippen LogP) is 1.40. The molecule has 0 aromatic rings. The summed E-state index contributed by atoms with van der Waals surface area (Å²) in [6.07, 6.45) is 0.708. The third-order valence-corrected chi connectivity index (χ3v) is 3.69. The van der Waals surface area contributed by atoms with Gasteiger partial charge in [-0.3, -0.25) is 4.57 Å². The number of quaternary nitrogens is 1. The van der Waals surface area contributed by atoms with E-state index < -0.39 is 13.6 Å². The quantitative estimate of drug-likeness (QED) is 0.229. The van der Waals surface area contributed by atoms with Gasteiger partial charge in [-0.15, -0.1) is 0 Å². The van der Waals surface area contributed by atoms with E-state index in [-0.39, 0.29) is 24.9 Å². The molecule has 0 radical (unpaired) electrons. The number of rotatable bonds is 9. The van der Waals surface area contributed by atoms with E-state index in [2.05, 4.69) is 6.58 Å². The number of carbonyl (C=O) groups is 1. The molecule has 0 spiro atoms. The number of ether oxygens (including phenoxy) is 1. The molecule has 0 saturated heterocycles. The van der Waals surface area contributed by atoms with Crippen LogP contribution in [0.2, 0.25) is 0 Å². The SMILES string of the molecule is C=C(C)C(=O)OCCOP(=O)(O)CCC[N+](C)(C)C. The molecule has 112 valence electrons. The van der Waals surface area contributed by atoms with Crippen molar-refractivity contribution in [2.75, 3.05) is 47.1 Å². The van der Waals surface area contributed by atoms with E-state index in [0.717, 1.165) is 11.0 Å². The maximum atomic E-state index is 11.6. The van der Waals surface area contributed by atoms with Crippen LogP contribution in [-0.2, 0) is 18.6 Å².